The fourth-order valence-electron chi connectivity index (χ4n) is 2.80. The summed E-state index contributed by atoms with van der Waals surface area (Å²) >= 11 is 0. The second-order valence-corrected chi connectivity index (χ2v) is 6.95. The first kappa shape index (κ1) is 26.0. The molecule has 1 unspecified atom stereocenters. The number of nitrogens with one attached hydrogen (secondary N) is 2. The second-order valence-electron chi connectivity index (χ2n) is 6.95. The van der Waals surface area contributed by atoms with Crippen molar-refractivity contribution in [1.29, 1.82) is 0 Å². The smallest absolute Gasteiger partial charge is 0.191 e. The normalized spacial score (nSPS) is 12.7. The number of benzene rings is 1. The van der Waals surface area contributed by atoms with E-state index in [0.29, 0.717) is 6.04 Å². The molecular weight excluding hydrogens is 451 g/mol. The van der Waals surface area contributed by atoms with Gasteiger partial charge in [-0.3, -0.25) is 4.99 Å². The lowest BCUT2D eigenvalue weighted by atomic mass is 10.2. The molecule has 5 nitrogen and oxygen atoms in total. The summed E-state index contributed by atoms with van der Waals surface area (Å²) in [6.07, 6.45) is 2.54. The molecule has 27 heavy (non-hydrogen) atoms. The lowest BCUT2D eigenvalue weighted by Crippen LogP contribution is -2.42. The summed E-state index contributed by atoms with van der Waals surface area (Å²) in [5, 5.41) is 6.87. The quantitative estimate of drug-likeness (QED) is 0.277. The zero-order valence-corrected chi connectivity index (χ0v) is 20.2. The van der Waals surface area contributed by atoms with Gasteiger partial charge in [-0.15, -0.1) is 24.0 Å². The first-order valence-corrected chi connectivity index (χ1v) is 9.93. The molecule has 0 aromatic heterocycles. The fourth-order valence-corrected chi connectivity index (χ4v) is 2.80. The van der Waals surface area contributed by atoms with Gasteiger partial charge in [0, 0.05) is 19.6 Å². The number of guanidine groups is 1. The van der Waals surface area contributed by atoms with Crippen LogP contribution in [0.2, 0.25) is 0 Å². The second kappa shape index (κ2) is 15.0. The average Bonchev–Trinajstić information content (AvgIpc) is 2.63. The summed E-state index contributed by atoms with van der Waals surface area (Å²) < 4.78 is 5.68. The zero-order chi connectivity index (χ0) is 19.4. The van der Waals surface area contributed by atoms with Gasteiger partial charge in [-0.05, 0) is 70.9 Å². The summed E-state index contributed by atoms with van der Waals surface area (Å²) in [5.74, 6) is 1.76. The minimum Gasteiger partial charge on any atom is -0.491 e. The van der Waals surface area contributed by atoms with Crippen LogP contribution in [0.15, 0.2) is 29.3 Å². The molecule has 6 heteroatoms. The van der Waals surface area contributed by atoms with E-state index in [9.17, 15) is 0 Å². The van der Waals surface area contributed by atoms with Gasteiger partial charge in [-0.1, -0.05) is 26.0 Å². The molecule has 0 saturated heterocycles. The molecule has 0 aliphatic carbocycles. The molecule has 0 bridgehead atoms. The minimum atomic E-state index is 0. The van der Waals surface area contributed by atoms with Crippen LogP contribution in [-0.2, 0) is 6.54 Å². The summed E-state index contributed by atoms with van der Waals surface area (Å²) in [7, 11) is 1.82. The zero-order valence-electron chi connectivity index (χ0n) is 17.9. The first-order valence-electron chi connectivity index (χ1n) is 9.93. The molecule has 2 N–H and O–H groups in total. The van der Waals surface area contributed by atoms with Crippen molar-refractivity contribution in [3.05, 3.63) is 29.8 Å². The highest BCUT2D eigenvalue weighted by atomic mass is 127. The van der Waals surface area contributed by atoms with E-state index in [1.54, 1.807) is 0 Å². The number of halogens is 1. The van der Waals surface area contributed by atoms with Crippen LogP contribution in [0.5, 0.6) is 5.75 Å². The van der Waals surface area contributed by atoms with E-state index in [1.165, 1.54) is 12.0 Å². The third-order valence-corrected chi connectivity index (χ3v) is 4.37. The van der Waals surface area contributed by atoms with Gasteiger partial charge in [-0.25, -0.2) is 0 Å². The SMILES string of the molecule is CCN(CC)CCCC(C)NC(=NC)NCc1ccc(OC(C)C)cc1.I. The molecule has 0 saturated carbocycles. The van der Waals surface area contributed by atoms with E-state index in [0.717, 1.165) is 44.3 Å². The van der Waals surface area contributed by atoms with Gasteiger partial charge in [0.25, 0.3) is 0 Å². The topological polar surface area (TPSA) is 48.9 Å². The third kappa shape index (κ3) is 11.4. The van der Waals surface area contributed by atoms with Gasteiger partial charge in [0.05, 0.1) is 6.10 Å². The van der Waals surface area contributed by atoms with E-state index in [-0.39, 0.29) is 30.1 Å². The lowest BCUT2D eigenvalue weighted by molar-refractivity contribution is 0.242. The largest absolute Gasteiger partial charge is 0.491 e. The molecule has 0 heterocycles. The molecule has 0 spiro atoms. The number of nitrogens with zero attached hydrogens (tertiary/aromatic N) is 2. The highest BCUT2D eigenvalue weighted by molar-refractivity contribution is 14.0. The van der Waals surface area contributed by atoms with Crippen LogP contribution < -0.4 is 15.4 Å². The standard InChI is InChI=1S/C21H38N4O.HI/c1-7-25(8-2)15-9-10-18(5)24-21(22-6)23-16-19-11-13-20(14-12-19)26-17(3)4;/h11-14,17-18H,7-10,15-16H2,1-6H3,(H2,22,23,24);1H. The molecule has 0 aliphatic heterocycles. The van der Waals surface area contributed by atoms with Gasteiger partial charge in [0.15, 0.2) is 5.96 Å². The van der Waals surface area contributed by atoms with Crippen molar-refractivity contribution in [3.8, 4) is 5.75 Å². The highest BCUT2D eigenvalue weighted by Gasteiger charge is 2.07. The molecule has 0 radical (unpaired) electrons. The van der Waals surface area contributed by atoms with Crippen LogP contribution in [0.3, 0.4) is 0 Å². The summed E-state index contributed by atoms with van der Waals surface area (Å²) in [6, 6.07) is 8.61. The highest BCUT2D eigenvalue weighted by Crippen LogP contribution is 2.13. The maximum Gasteiger partial charge on any atom is 0.191 e. The Morgan fingerprint density at radius 1 is 1.11 bits per heavy atom. The van der Waals surface area contributed by atoms with Crippen LogP contribution in [0.25, 0.3) is 0 Å². The van der Waals surface area contributed by atoms with Crippen molar-refractivity contribution < 1.29 is 4.74 Å². The fraction of sp³-hybridized carbons (Fsp3) is 0.667. The third-order valence-electron chi connectivity index (χ3n) is 4.37. The molecule has 156 valence electrons. The minimum absolute atomic E-state index is 0. The van der Waals surface area contributed by atoms with Gasteiger partial charge in [0.2, 0.25) is 0 Å². The van der Waals surface area contributed by atoms with Crippen LogP contribution in [-0.4, -0.2) is 49.7 Å². The van der Waals surface area contributed by atoms with E-state index in [2.05, 4.69) is 53.4 Å². The predicted molar refractivity (Wildman–Crippen MR) is 127 cm³/mol. The van der Waals surface area contributed by atoms with Crippen LogP contribution in [0.1, 0.15) is 53.0 Å². The Labute approximate surface area is 183 Å². The summed E-state index contributed by atoms with van der Waals surface area (Å²) in [5.41, 5.74) is 1.21. The Morgan fingerprint density at radius 3 is 2.26 bits per heavy atom. The van der Waals surface area contributed by atoms with E-state index in [1.807, 2.05) is 33.0 Å². The van der Waals surface area contributed by atoms with E-state index < -0.39 is 0 Å². The van der Waals surface area contributed by atoms with Crippen LogP contribution in [0, 0.1) is 0 Å². The van der Waals surface area contributed by atoms with Crippen molar-refractivity contribution in [1.82, 2.24) is 15.5 Å². The Bertz CT molecular complexity index is 515. The van der Waals surface area contributed by atoms with Gasteiger partial charge < -0.3 is 20.3 Å². The monoisotopic (exact) mass is 490 g/mol. The van der Waals surface area contributed by atoms with Gasteiger partial charge >= 0.3 is 0 Å². The number of hydrogen-bond donors (Lipinski definition) is 2. The average molecular weight is 490 g/mol. The van der Waals surface area contributed by atoms with Crippen LogP contribution in [0.4, 0.5) is 0 Å². The molecule has 0 amide bonds. The molecule has 1 aromatic carbocycles. The van der Waals surface area contributed by atoms with Crippen LogP contribution >= 0.6 is 24.0 Å². The number of rotatable bonds is 11. The number of aliphatic imine (C=N–C) groups is 1. The predicted octanol–water partition coefficient (Wildman–Crippen LogP) is 4.27. The van der Waals surface area contributed by atoms with Crippen molar-refractivity contribution in [2.24, 2.45) is 4.99 Å². The first-order chi connectivity index (χ1) is 12.5. The molecule has 0 aliphatic rings. The lowest BCUT2D eigenvalue weighted by Gasteiger charge is -2.21. The Kier molecular flexibility index (Phi) is 14.4. The molecule has 0 fully saturated rings. The summed E-state index contributed by atoms with van der Waals surface area (Å²) in [6.45, 7) is 14.9. The maximum absolute atomic E-state index is 5.68. The summed E-state index contributed by atoms with van der Waals surface area (Å²) in [4.78, 5) is 6.80. The van der Waals surface area contributed by atoms with E-state index in [4.69, 9.17) is 4.74 Å². The Hall–Kier alpha value is -1.02. The van der Waals surface area contributed by atoms with Crippen molar-refractivity contribution >= 4 is 29.9 Å². The van der Waals surface area contributed by atoms with Gasteiger partial charge in [0.1, 0.15) is 5.75 Å². The molecular formula is C21H39IN4O. The Balaban J connectivity index is 0.00000676. The maximum atomic E-state index is 5.68. The van der Waals surface area contributed by atoms with Crippen molar-refractivity contribution in [3.63, 3.8) is 0 Å². The number of ether oxygens (including phenoxy) is 1. The molecule has 1 aromatic rings. The van der Waals surface area contributed by atoms with Crippen molar-refractivity contribution in [2.75, 3.05) is 26.7 Å². The van der Waals surface area contributed by atoms with Crippen molar-refractivity contribution in [2.45, 2.75) is 66.2 Å². The Morgan fingerprint density at radius 2 is 1.74 bits per heavy atom. The van der Waals surface area contributed by atoms with Gasteiger partial charge in [-0.2, -0.15) is 0 Å². The van der Waals surface area contributed by atoms with E-state index >= 15 is 0 Å². The molecule has 1 rings (SSSR count). The molecule has 1 atom stereocenters. The number of hydrogen-bond acceptors (Lipinski definition) is 3.